The molecule has 2 aromatic heterocycles. The summed E-state index contributed by atoms with van der Waals surface area (Å²) in [5, 5.41) is 2.96. The number of nitrogens with zero attached hydrogens (tertiary/aromatic N) is 3. The van der Waals surface area contributed by atoms with E-state index in [-0.39, 0.29) is 18.0 Å². The number of benzene rings is 1. The first kappa shape index (κ1) is 15.4. The Bertz CT molecular complexity index is 995. The van der Waals surface area contributed by atoms with Gasteiger partial charge in [-0.1, -0.05) is 11.6 Å². The summed E-state index contributed by atoms with van der Waals surface area (Å²) in [6.45, 7) is 1.29. The average molecular weight is 360 g/mol. The van der Waals surface area contributed by atoms with E-state index >= 15 is 0 Å². The second kappa shape index (κ2) is 6.03. The van der Waals surface area contributed by atoms with Crippen LogP contribution in [0, 0.1) is 0 Å². The zero-order valence-electron chi connectivity index (χ0n) is 12.7. The van der Waals surface area contributed by atoms with E-state index in [1.807, 2.05) is 0 Å². The maximum Gasteiger partial charge on any atom is 0.261 e. The van der Waals surface area contributed by atoms with Crippen LogP contribution >= 0.6 is 22.9 Å². The van der Waals surface area contributed by atoms with Gasteiger partial charge < -0.3 is 4.90 Å². The predicted octanol–water partition coefficient (Wildman–Crippen LogP) is 2.70. The Morgan fingerprint density at radius 1 is 1.33 bits per heavy atom. The first-order valence-corrected chi connectivity index (χ1v) is 8.85. The SMILES string of the molecule is O=C(Cn1cnc2ccc(Cl)cc2c1=O)N1CCc2sccc2C1. The Morgan fingerprint density at radius 3 is 3.08 bits per heavy atom. The van der Waals surface area contributed by atoms with Crippen LogP contribution in [0.2, 0.25) is 5.02 Å². The molecular weight excluding hydrogens is 346 g/mol. The third-order valence-electron chi connectivity index (χ3n) is 4.25. The van der Waals surface area contributed by atoms with Crippen LogP contribution in [0.5, 0.6) is 0 Å². The van der Waals surface area contributed by atoms with E-state index < -0.39 is 0 Å². The van der Waals surface area contributed by atoms with Gasteiger partial charge in [-0.3, -0.25) is 14.2 Å². The predicted molar refractivity (Wildman–Crippen MR) is 94.5 cm³/mol. The molecule has 3 heterocycles. The fourth-order valence-electron chi connectivity index (χ4n) is 2.95. The van der Waals surface area contributed by atoms with Crippen LogP contribution in [0.15, 0.2) is 40.8 Å². The minimum absolute atomic E-state index is 0.00619. The molecule has 0 atom stereocenters. The molecule has 24 heavy (non-hydrogen) atoms. The van der Waals surface area contributed by atoms with Crippen LogP contribution in [-0.4, -0.2) is 26.9 Å². The highest BCUT2D eigenvalue weighted by molar-refractivity contribution is 7.10. The molecule has 1 aliphatic heterocycles. The third kappa shape index (κ3) is 2.72. The van der Waals surface area contributed by atoms with E-state index in [4.69, 9.17) is 11.6 Å². The second-order valence-corrected chi connectivity index (χ2v) is 7.21. The van der Waals surface area contributed by atoms with Gasteiger partial charge in [0.05, 0.1) is 17.2 Å². The summed E-state index contributed by atoms with van der Waals surface area (Å²) >= 11 is 7.69. The van der Waals surface area contributed by atoms with E-state index in [0.29, 0.717) is 29.0 Å². The molecule has 1 amide bonds. The molecule has 122 valence electrons. The molecule has 3 aromatic rings. The minimum atomic E-state index is -0.246. The average Bonchev–Trinajstić information content (AvgIpc) is 3.05. The topological polar surface area (TPSA) is 55.2 Å². The first-order valence-electron chi connectivity index (χ1n) is 7.59. The molecule has 0 bridgehead atoms. The van der Waals surface area contributed by atoms with Crippen molar-refractivity contribution in [1.82, 2.24) is 14.5 Å². The number of rotatable bonds is 2. The van der Waals surface area contributed by atoms with Crippen LogP contribution in [0.1, 0.15) is 10.4 Å². The lowest BCUT2D eigenvalue weighted by atomic mass is 10.1. The van der Waals surface area contributed by atoms with Crippen molar-refractivity contribution < 1.29 is 4.79 Å². The van der Waals surface area contributed by atoms with E-state index in [2.05, 4.69) is 16.4 Å². The van der Waals surface area contributed by atoms with E-state index in [0.717, 1.165) is 6.42 Å². The van der Waals surface area contributed by atoms with Crippen molar-refractivity contribution >= 4 is 39.7 Å². The highest BCUT2D eigenvalue weighted by Crippen LogP contribution is 2.24. The standard InChI is InChI=1S/C17H14ClN3O2S/c18-12-1-2-14-13(7-12)17(23)21(10-19-14)9-16(22)20-5-3-15-11(8-20)4-6-24-15/h1-2,4,6-7,10H,3,5,8-9H2. The van der Waals surface area contributed by atoms with E-state index in [1.165, 1.54) is 21.3 Å². The number of thiophene rings is 1. The molecule has 7 heteroatoms. The van der Waals surface area contributed by atoms with Crippen molar-refractivity contribution in [2.45, 2.75) is 19.5 Å². The van der Waals surface area contributed by atoms with Crippen molar-refractivity contribution in [2.75, 3.05) is 6.54 Å². The van der Waals surface area contributed by atoms with Crippen LogP contribution in [-0.2, 0) is 24.3 Å². The summed E-state index contributed by atoms with van der Waals surface area (Å²) in [6.07, 6.45) is 2.30. The molecule has 0 N–H and O–H groups in total. The molecule has 0 saturated heterocycles. The zero-order valence-corrected chi connectivity index (χ0v) is 14.3. The van der Waals surface area contributed by atoms with Gasteiger partial charge in [0.2, 0.25) is 5.91 Å². The number of aromatic nitrogens is 2. The van der Waals surface area contributed by atoms with Gasteiger partial charge >= 0.3 is 0 Å². The molecular formula is C17H14ClN3O2S. The fraction of sp³-hybridized carbons (Fsp3) is 0.235. The van der Waals surface area contributed by atoms with Crippen molar-refractivity contribution in [1.29, 1.82) is 0 Å². The smallest absolute Gasteiger partial charge is 0.261 e. The van der Waals surface area contributed by atoms with Gasteiger partial charge in [0, 0.05) is 23.0 Å². The molecule has 1 aliphatic rings. The molecule has 0 aliphatic carbocycles. The monoisotopic (exact) mass is 359 g/mol. The number of hydrogen-bond donors (Lipinski definition) is 0. The van der Waals surface area contributed by atoms with Crippen LogP contribution in [0.4, 0.5) is 0 Å². The molecule has 1 aromatic carbocycles. The van der Waals surface area contributed by atoms with Gasteiger partial charge in [0.1, 0.15) is 6.54 Å². The summed E-state index contributed by atoms with van der Waals surface area (Å²) in [5.41, 5.74) is 1.54. The Labute approximate surface area is 147 Å². The number of hydrogen-bond acceptors (Lipinski definition) is 4. The van der Waals surface area contributed by atoms with Crippen molar-refractivity contribution in [3.05, 3.63) is 61.8 Å². The highest BCUT2D eigenvalue weighted by Gasteiger charge is 2.22. The molecule has 5 nitrogen and oxygen atoms in total. The van der Waals surface area contributed by atoms with Gasteiger partial charge in [-0.15, -0.1) is 11.3 Å². The van der Waals surface area contributed by atoms with Crippen LogP contribution in [0.3, 0.4) is 0 Å². The molecule has 0 fully saturated rings. The van der Waals surface area contributed by atoms with E-state index in [9.17, 15) is 9.59 Å². The molecule has 0 unspecified atom stereocenters. The molecule has 4 rings (SSSR count). The zero-order chi connectivity index (χ0) is 16.7. The number of amides is 1. The number of halogens is 1. The number of carbonyl (C=O) groups is 1. The Morgan fingerprint density at radius 2 is 2.21 bits per heavy atom. The summed E-state index contributed by atoms with van der Waals surface area (Å²) in [4.78, 5) is 32.5. The lowest BCUT2D eigenvalue weighted by Crippen LogP contribution is -2.39. The summed E-state index contributed by atoms with van der Waals surface area (Å²) < 4.78 is 1.35. The maximum absolute atomic E-state index is 12.6. The largest absolute Gasteiger partial charge is 0.336 e. The highest BCUT2D eigenvalue weighted by atomic mass is 35.5. The molecule has 0 saturated carbocycles. The Balaban J connectivity index is 1.59. The normalized spacial score (nSPS) is 14.0. The second-order valence-electron chi connectivity index (χ2n) is 5.77. The third-order valence-corrected chi connectivity index (χ3v) is 5.51. The molecule has 0 spiro atoms. The van der Waals surface area contributed by atoms with Crippen LogP contribution < -0.4 is 5.56 Å². The van der Waals surface area contributed by atoms with Gasteiger partial charge in [0.15, 0.2) is 0 Å². The van der Waals surface area contributed by atoms with E-state index in [1.54, 1.807) is 34.4 Å². The summed E-state index contributed by atoms with van der Waals surface area (Å²) in [6, 6.07) is 7.04. The van der Waals surface area contributed by atoms with Crippen molar-refractivity contribution in [2.24, 2.45) is 0 Å². The molecule has 0 radical (unpaired) electrons. The lowest BCUT2D eigenvalue weighted by molar-refractivity contribution is -0.132. The minimum Gasteiger partial charge on any atom is -0.336 e. The Hall–Kier alpha value is -2.18. The summed E-state index contributed by atoms with van der Waals surface area (Å²) in [5.74, 6) is -0.0721. The Kier molecular flexibility index (Phi) is 3.86. The van der Waals surface area contributed by atoms with Crippen LogP contribution in [0.25, 0.3) is 10.9 Å². The van der Waals surface area contributed by atoms with Gasteiger partial charge in [-0.2, -0.15) is 0 Å². The van der Waals surface area contributed by atoms with Gasteiger partial charge in [-0.25, -0.2) is 4.98 Å². The fourth-order valence-corrected chi connectivity index (χ4v) is 4.01. The first-order chi connectivity index (χ1) is 11.6. The number of fused-ring (bicyclic) bond motifs is 2. The van der Waals surface area contributed by atoms with Gasteiger partial charge in [0.25, 0.3) is 5.56 Å². The summed E-state index contributed by atoms with van der Waals surface area (Å²) in [7, 11) is 0. The maximum atomic E-state index is 12.6. The van der Waals surface area contributed by atoms with Crippen molar-refractivity contribution in [3.8, 4) is 0 Å². The number of carbonyl (C=O) groups excluding carboxylic acids is 1. The quantitative estimate of drug-likeness (QED) is 0.707. The van der Waals surface area contributed by atoms with Crippen molar-refractivity contribution in [3.63, 3.8) is 0 Å². The lowest BCUT2D eigenvalue weighted by Gasteiger charge is -2.27. The van der Waals surface area contributed by atoms with Gasteiger partial charge in [-0.05, 0) is 41.6 Å².